The molecular weight excluding hydrogens is 573 g/mol. The van der Waals surface area contributed by atoms with E-state index in [1.165, 1.54) is 34.4 Å². The van der Waals surface area contributed by atoms with E-state index in [4.69, 9.17) is 21.3 Å². The Bertz CT molecular complexity index is 1560. The fourth-order valence-electron chi connectivity index (χ4n) is 5.40. The summed E-state index contributed by atoms with van der Waals surface area (Å²) in [6.07, 6.45) is 2.01. The Morgan fingerprint density at radius 2 is 2.15 bits per heavy atom. The second-order valence-corrected chi connectivity index (χ2v) is 10.8. The molecular formula is C25H20ClF3N6O4S. The van der Waals surface area contributed by atoms with E-state index >= 15 is 0 Å². The fourth-order valence-corrected chi connectivity index (χ4v) is 6.31. The number of aliphatic carboxylic acids is 1. The Labute approximate surface area is 233 Å². The van der Waals surface area contributed by atoms with E-state index in [1.54, 1.807) is 11.6 Å². The molecule has 15 heteroatoms. The van der Waals surface area contributed by atoms with Gasteiger partial charge in [-0.3, -0.25) is 14.7 Å². The van der Waals surface area contributed by atoms with Gasteiger partial charge in [0, 0.05) is 52.6 Å². The summed E-state index contributed by atoms with van der Waals surface area (Å²) in [5.41, 5.74) is 0.726. The summed E-state index contributed by atoms with van der Waals surface area (Å²) in [4.78, 5) is 36.7. The molecule has 1 spiro atoms. The van der Waals surface area contributed by atoms with E-state index < -0.39 is 36.0 Å². The quantitative estimate of drug-likeness (QED) is 0.419. The van der Waals surface area contributed by atoms with Crippen LogP contribution in [0.15, 0.2) is 52.7 Å². The number of nitrogens with zero attached hydrogens (tertiary/aromatic N) is 6. The molecule has 0 aliphatic carbocycles. The van der Waals surface area contributed by atoms with Gasteiger partial charge in [-0.1, -0.05) is 17.7 Å². The molecule has 6 rings (SSSR count). The molecule has 1 aromatic carbocycles. The van der Waals surface area contributed by atoms with Crippen molar-refractivity contribution in [3.05, 3.63) is 74.8 Å². The van der Waals surface area contributed by atoms with E-state index in [0.717, 1.165) is 12.3 Å². The summed E-state index contributed by atoms with van der Waals surface area (Å²) in [5, 5.41) is 15.8. The number of aliphatic imine (C=N–C) groups is 1. The van der Waals surface area contributed by atoms with Crippen LogP contribution in [0.5, 0.6) is 0 Å². The lowest BCUT2D eigenvalue weighted by atomic mass is 9.90. The number of hydrogen-bond acceptors (Lipinski definition) is 8. The van der Waals surface area contributed by atoms with Gasteiger partial charge in [-0.2, -0.15) is 13.9 Å². The van der Waals surface area contributed by atoms with Crippen LogP contribution in [0, 0.1) is 5.82 Å². The number of amides is 1. The highest BCUT2D eigenvalue weighted by atomic mass is 35.5. The lowest BCUT2D eigenvalue weighted by molar-refractivity contribution is -0.137. The number of aromatic nitrogens is 3. The van der Waals surface area contributed by atoms with Gasteiger partial charge < -0.3 is 14.7 Å². The molecule has 3 aromatic rings. The number of amidine groups is 1. The highest BCUT2D eigenvalue weighted by Gasteiger charge is 2.56. The standard InChI is InChI=1S/C25H20ClF3N6O4S/c26-15-9-13(27)1-2-14(15)20-19(16-3-7-35(32-16)23(28)29)17-10-25(12-39-24(38)34(25)6-4-18(36)37)11-33(17)21(31-20)22-30-5-8-40-22/h1-3,5,7-9,20,23H,4,6,10-12H2,(H,36,37)/t20-,25-/m0/s1. The van der Waals surface area contributed by atoms with Crippen molar-refractivity contribution in [2.45, 2.75) is 31.0 Å². The molecule has 2 aromatic heterocycles. The largest absolute Gasteiger partial charge is 0.481 e. The number of carbonyl (C=O) groups is 2. The van der Waals surface area contributed by atoms with Gasteiger partial charge in [-0.15, -0.1) is 11.3 Å². The van der Waals surface area contributed by atoms with Gasteiger partial charge in [0.15, 0.2) is 10.8 Å². The number of benzene rings is 1. The Morgan fingerprint density at radius 1 is 1.32 bits per heavy atom. The van der Waals surface area contributed by atoms with Crippen molar-refractivity contribution in [1.29, 1.82) is 0 Å². The molecule has 2 saturated heterocycles. The van der Waals surface area contributed by atoms with E-state index in [9.17, 15) is 27.9 Å². The van der Waals surface area contributed by atoms with E-state index in [0.29, 0.717) is 32.4 Å². The van der Waals surface area contributed by atoms with Gasteiger partial charge in [0.05, 0.1) is 18.7 Å². The summed E-state index contributed by atoms with van der Waals surface area (Å²) >= 11 is 7.81. The van der Waals surface area contributed by atoms with Crippen molar-refractivity contribution in [2.24, 2.45) is 4.99 Å². The number of carboxylic acids is 1. The van der Waals surface area contributed by atoms with Crippen LogP contribution >= 0.6 is 22.9 Å². The van der Waals surface area contributed by atoms with Crippen LogP contribution in [0.1, 0.15) is 41.7 Å². The first-order chi connectivity index (χ1) is 19.2. The maximum atomic E-state index is 14.0. The highest BCUT2D eigenvalue weighted by Crippen LogP contribution is 2.50. The Hall–Kier alpha value is -3.91. The zero-order valence-electron chi connectivity index (χ0n) is 20.5. The molecule has 0 saturated carbocycles. The molecule has 2 atom stereocenters. The van der Waals surface area contributed by atoms with Gasteiger partial charge in [0.25, 0.3) is 0 Å². The van der Waals surface area contributed by atoms with Crippen LogP contribution in [0.3, 0.4) is 0 Å². The average Bonchev–Trinajstić information content (AvgIpc) is 3.70. The number of carbonyl (C=O) groups excluding carboxylic acids is 1. The van der Waals surface area contributed by atoms with Crippen LogP contribution in [-0.4, -0.2) is 72.8 Å². The van der Waals surface area contributed by atoms with Crippen molar-refractivity contribution < 1.29 is 32.6 Å². The fraction of sp³-hybridized carbons (Fsp3) is 0.320. The minimum atomic E-state index is -2.89. The molecule has 3 aliphatic heterocycles. The number of halogens is 4. The Kier molecular flexibility index (Phi) is 6.53. The number of hydrogen-bond donors (Lipinski definition) is 1. The van der Waals surface area contributed by atoms with Crippen molar-refractivity contribution in [3.63, 3.8) is 0 Å². The molecule has 0 unspecified atom stereocenters. The van der Waals surface area contributed by atoms with Crippen LogP contribution in [0.25, 0.3) is 5.57 Å². The van der Waals surface area contributed by atoms with Crippen molar-refractivity contribution in [3.8, 4) is 0 Å². The van der Waals surface area contributed by atoms with Crippen LogP contribution in [0.2, 0.25) is 5.02 Å². The number of ether oxygens (including phenoxy) is 1. The maximum absolute atomic E-state index is 14.0. The topological polar surface area (TPSA) is 113 Å². The molecule has 0 bridgehead atoms. The summed E-state index contributed by atoms with van der Waals surface area (Å²) in [6.45, 7) is -2.79. The Balaban J connectivity index is 1.56. The lowest BCUT2D eigenvalue weighted by Gasteiger charge is -2.33. The number of cyclic esters (lactones) is 1. The summed E-state index contributed by atoms with van der Waals surface area (Å²) < 4.78 is 47.0. The normalized spacial score (nSPS) is 22.4. The monoisotopic (exact) mass is 592 g/mol. The van der Waals surface area contributed by atoms with Crippen LogP contribution in [0.4, 0.5) is 18.0 Å². The zero-order chi connectivity index (χ0) is 28.2. The molecule has 5 heterocycles. The number of alkyl halides is 2. The molecule has 2 fully saturated rings. The van der Waals surface area contributed by atoms with Crippen molar-refractivity contribution in [2.75, 3.05) is 19.7 Å². The third-order valence-electron chi connectivity index (χ3n) is 7.14. The SMILES string of the molecule is O=C(O)CCN1C(=O)OC[C@@]12CC1=C(c3ccn(C(F)F)n3)[C@H](c3ccc(F)cc3Cl)N=C(c3nccs3)N1C2. The number of carboxylic acid groups (broad SMARTS) is 1. The second-order valence-electron chi connectivity index (χ2n) is 9.51. The average molecular weight is 593 g/mol. The minimum Gasteiger partial charge on any atom is -0.481 e. The zero-order valence-corrected chi connectivity index (χ0v) is 22.1. The number of rotatable bonds is 7. The summed E-state index contributed by atoms with van der Waals surface area (Å²) in [7, 11) is 0. The molecule has 40 heavy (non-hydrogen) atoms. The lowest BCUT2D eigenvalue weighted by Crippen LogP contribution is -2.50. The van der Waals surface area contributed by atoms with Gasteiger partial charge >= 0.3 is 18.6 Å². The van der Waals surface area contributed by atoms with Crippen LogP contribution < -0.4 is 0 Å². The first-order valence-corrected chi connectivity index (χ1v) is 13.4. The third kappa shape index (κ3) is 4.40. The maximum Gasteiger partial charge on any atom is 0.410 e. The van der Waals surface area contributed by atoms with Crippen molar-refractivity contribution in [1.82, 2.24) is 24.6 Å². The number of thiazole rings is 1. The van der Waals surface area contributed by atoms with Gasteiger partial charge in [-0.05, 0) is 18.2 Å². The highest BCUT2D eigenvalue weighted by molar-refractivity contribution is 7.11. The molecule has 0 radical (unpaired) electrons. The van der Waals surface area contributed by atoms with E-state index in [2.05, 4.69) is 10.1 Å². The summed E-state index contributed by atoms with van der Waals surface area (Å²) in [5.74, 6) is -1.18. The smallest absolute Gasteiger partial charge is 0.410 e. The number of fused-ring (bicyclic) bond motifs is 1. The van der Waals surface area contributed by atoms with Gasteiger partial charge in [0.1, 0.15) is 24.0 Å². The minimum absolute atomic E-state index is 0.0165. The van der Waals surface area contributed by atoms with E-state index in [1.807, 2.05) is 4.90 Å². The first kappa shape index (κ1) is 26.3. The third-order valence-corrected chi connectivity index (χ3v) is 8.23. The molecule has 1 amide bonds. The summed E-state index contributed by atoms with van der Waals surface area (Å²) in [6, 6.07) is 4.43. The molecule has 208 valence electrons. The van der Waals surface area contributed by atoms with Gasteiger partial charge in [0.2, 0.25) is 0 Å². The first-order valence-electron chi connectivity index (χ1n) is 12.1. The van der Waals surface area contributed by atoms with Gasteiger partial charge in [-0.25, -0.2) is 18.9 Å². The molecule has 1 N–H and O–H groups in total. The Morgan fingerprint density at radius 3 is 2.83 bits per heavy atom. The molecule has 10 nitrogen and oxygen atoms in total. The van der Waals surface area contributed by atoms with Crippen LogP contribution in [-0.2, 0) is 9.53 Å². The predicted octanol–water partition coefficient (Wildman–Crippen LogP) is 4.81. The van der Waals surface area contributed by atoms with E-state index in [-0.39, 0.29) is 43.3 Å². The van der Waals surface area contributed by atoms with Crippen molar-refractivity contribution >= 4 is 46.4 Å². The second kappa shape index (κ2) is 9.93. The predicted molar refractivity (Wildman–Crippen MR) is 138 cm³/mol. The molecule has 3 aliphatic rings.